The van der Waals surface area contributed by atoms with Crippen LogP contribution in [0.4, 0.5) is 0 Å². The highest BCUT2D eigenvalue weighted by Gasteiger charge is 2.53. The van der Waals surface area contributed by atoms with Crippen LogP contribution in [-0.4, -0.2) is 65.8 Å². The molecule has 2 aromatic rings. The highest BCUT2D eigenvalue weighted by atomic mass is 16.7. The molecule has 1 saturated heterocycles. The van der Waals surface area contributed by atoms with Crippen molar-refractivity contribution in [2.24, 2.45) is 5.41 Å². The first-order valence-electron chi connectivity index (χ1n) is 10.6. The zero-order valence-electron chi connectivity index (χ0n) is 18.5. The molecule has 3 rings (SSSR count). The Morgan fingerprint density at radius 2 is 1.31 bits per heavy atom. The monoisotopic (exact) mass is 446 g/mol. The van der Waals surface area contributed by atoms with Crippen LogP contribution in [0.1, 0.15) is 24.7 Å². The van der Waals surface area contributed by atoms with Gasteiger partial charge in [-0.1, -0.05) is 36.4 Å². The van der Waals surface area contributed by atoms with Gasteiger partial charge < -0.3 is 28.4 Å². The Morgan fingerprint density at radius 3 is 1.88 bits per heavy atom. The number of hydrogen-bond donors (Lipinski definition) is 0. The van der Waals surface area contributed by atoms with E-state index in [0.717, 1.165) is 10.8 Å². The van der Waals surface area contributed by atoms with Crippen molar-refractivity contribution in [1.82, 2.24) is 0 Å². The van der Waals surface area contributed by atoms with Gasteiger partial charge in [0.25, 0.3) is 6.29 Å². The molecule has 0 amide bonds. The number of esters is 2. The number of rotatable bonds is 13. The molecule has 2 aromatic carbocycles. The summed E-state index contributed by atoms with van der Waals surface area (Å²) in [5.41, 5.74) is -0.875. The van der Waals surface area contributed by atoms with Gasteiger partial charge in [0.1, 0.15) is 0 Å². The van der Waals surface area contributed by atoms with E-state index in [9.17, 15) is 9.59 Å². The lowest BCUT2D eigenvalue weighted by molar-refractivity contribution is -0.228. The largest absolute Gasteiger partial charge is 0.420 e. The standard InChI is InChI=1S/C24H30O8/c1-27-13-15-29-11-9-24(10-12-30-16-14-28-2)22(25)31-21(32-23(24)26)20-8-7-18-5-3-4-6-19(18)17-20/h3-8,17,21H,9-16H2,1-2H3. The number of fused-ring (bicyclic) bond motifs is 1. The van der Waals surface area contributed by atoms with Crippen LogP contribution in [0.3, 0.4) is 0 Å². The number of carbonyl (C=O) groups excluding carboxylic acids is 2. The van der Waals surface area contributed by atoms with Crippen molar-refractivity contribution in [1.29, 1.82) is 0 Å². The molecule has 1 heterocycles. The van der Waals surface area contributed by atoms with Crippen LogP contribution < -0.4 is 0 Å². The predicted octanol–water partition coefficient (Wildman–Crippen LogP) is 3.03. The number of benzene rings is 2. The van der Waals surface area contributed by atoms with Gasteiger partial charge in [-0.15, -0.1) is 0 Å². The van der Waals surface area contributed by atoms with Gasteiger partial charge in [-0.2, -0.15) is 0 Å². The van der Waals surface area contributed by atoms with E-state index in [1.165, 1.54) is 0 Å². The fourth-order valence-corrected chi connectivity index (χ4v) is 3.53. The van der Waals surface area contributed by atoms with E-state index in [1.54, 1.807) is 20.3 Å². The lowest BCUT2D eigenvalue weighted by Gasteiger charge is -2.36. The summed E-state index contributed by atoms with van der Waals surface area (Å²) in [6, 6.07) is 13.4. The fourth-order valence-electron chi connectivity index (χ4n) is 3.53. The second-order valence-corrected chi connectivity index (χ2v) is 7.54. The van der Waals surface area contributed by atoms with Crippen molar-refractivity contribution >= 4 is 22.7 Å². The molecule has 8 heteroatoms. The molecule has 0 radical (unpaired) electrons. The van der Waals surface area contributed by atoms with Crippen molar-refractivity contribution in [3.63, 3.8) is 0 Å². The third-order valence-electron chi connectivity index (χ3n) is 5.47. The van der Waals surface area contributed by atoms with Crippen molar-refractivity contribution < 1.29 is 38.0 Å². The smallest absolute Gasteiger partial charge is 0.327 e. The molecule has 32 heavy (non-hydrogen) atoms. The van der Waals surface area contributed by atoms with E-state index < -0.39 is 23.6 Å². The van der Waals surface area contributed by atoms with E-state index in [0.29, 0.717) is 32.0 Å². The first-order valence-corrected chi connectivity index (χ1v) is 10.6. The molecule has 8 nitrogen and oxygen atoms in total. The lowest BCUT2D eigenvalue weighted by Crippen LogP contribution is -2.49. The summed E-state index contributed by atoms with van der Waals surface area (Å²) in [5.74, 6) is -1.25. The zero-order valence-corrected chi connectivity index (χ0v) is 18.5. The first kappa shape index (κ1) is 24.1. The van der Waals surface area contributed by atoms with Crippen LogP contribution in [0, 0.1) is 5.41 Å². The Kier molecular flexibility index (Phi) is 8.99. The normalized spacial score (nSPS) is 16.2. The molecule has 1 aliphatic heterocycles. The van der Waals surface area contributed by atoms with Crippen LogP contribution >= 0.6 is 0 Å². The topological polar surface area (TPSA) is 89.5 Å². The number of cyclic esters (lactones) is 2. The maximum absolute atomic E-state index is 13.1. The average Bonchev–Trinajstić information content (AvgIpc) is 2.81. The molecule has 0 bridgehead atoms. The quantitative estimate of drug-likeness (QED) is 0.264. The Bertz CT molecular complexity index is 862. The Hall–Kier alpha value is -2.52. The van der Waals surface area contributed by atoms with Gasteiger partial charge in [-0.25, -0.2) is 0 Å². The Labute approximate surface area is 187 Å². The van der Waals surface area contributed by atoms with E-state index in [4.69, 9.17) is 28.4 Å². The number of hydrogen-bond acceptors (Lipinski definition) is 8. The van der Waals surface area contributed by atoms with E-state index >= 15 is 0 Å². The van der Waals surface area contributed by atoms with Crippen molar-refractivity contribution in [2.75, 3.05) is 53.9 Å². The highest BCUT2D eigenvalue weighted by molar-refractivity contribution is 6.01. The van der Waals surface area contributed by atoms with Gasteiger partial charge in [0, 0.05) is 33.0 Å². The van der Waals surface area contributed by atoms with Gasteiger partial charge in [0.15, 0.2) is 5.41 Å². The second kappa shape index (κ2) is 11.9. The number of methoxy groups -OCH3 is 2. The molecule has 174 valence electrons. The molecule has 1 aliphatic rings. The fraction of sp³-hybridized carbons (Fsp3) is 0.500. The molecular formula is C24H30O8. The van der Waals surface area contributed by atoms with Crippen molar-refractivity contribution in [3.05, 3.63) is 48.0 Å². The van der Waals surface area contributed by atoms with Crippen LogP contribution in [-0.2, 0) is 38.0 Å². The number of carbonyl (C=O) groups is 2. The van der Waals surface area contributed by atoms with Crippen LogP contribution in [0.5, 0.6) is 0 Å². The maximum Gasteiger partial charge on any atom is 0.327 e. The summed E-state index contributed by atoms with van der Waals surface area (Å²) >= 11 is 0. The molecule has 0 unspecified atom stereocenters. The summed E-state index contributed by atoms with van der Waals surface area (Å²) in [6.07, 6.45) is -0.824. The lowest BCUT2D eigenvalue weighted by atomic mass is 9.80. The minimum absolute atomic E-state index is 0.131. The van der Waals surface area contributed by atoms with Gasteiger partial charge >= 0.3 is 11.9 Å². The molecule has 0 aliphatic carbocycles. The number of ether oxygens (including phenoxy) is 6. The predicted molar refractivity (Wildman–Crippen MR) is 116 cm³/mol. The SMILES string of the molecule is COCCOCCC1(CCOCCOC)C(=O)OC(c2ccc3ccccc3c2)OC1=O. The molecule has 0 aromatic heterocycles. The van der Waals surface area contributed by atoms with E-state index in [1.807, 2.05) is 36.4 Å². The highest BCUT2D eigenvalue weighted by Crippen LogP contribution is 2.39. The second-order valence-electron chi connectivity index (χ2n) is 7.54. The molecule has 1 fully saturated rings. The first-order chi connectivity index (χ1) is 15.6. The summed E-state index contributed by atoms with van der Waals surface area (Å²) in [6.45, 7) is 1.94. The maximum atomic E-state index is 13.1. The molecule has 0 N–H and O–H groups in total. The Morgan fingerprint density at radius 1 is 0.750 bits per heavy atom. The Balaban J connectivity index is 1.71. The van der Waals surface area contributed by atoms with Gasteiger partial charge in [0.2, 0.25) is 0 Å². The third kappa shape index (κ3) is 5.83. The summed E-state index contributed by atoms with van der Waals surface area (Å²) < 4.78 is 32.2. The summed E-state index contributed by atoms with van der Waals surface area (Å²) in [7, 11) is 3.15. The molecule has 0 spiro atoms. The van der Waals surface area contributed by atoms with Crippen molar-refractivity contribution in [3.8, 4) is 0 Å². The van der Waals surface area contributed by atoms with Crippen LogP contribution in [0.15, 0.2) is 42.5 Å². The summed E-state index contributed by atoms with van der Waals surface area (Å²) in [5, 5.41) is 2.01. The molecule has 0 saturated carbocycles. The van der Waals surface area contributed by atoms with Crippen LogP contribution in [0.2, 0.25) is 0 Å². The van der Waals surface area contributed by atoms with Crippen molar-refractivity contribution in [2.45, 2.75) is 19.1 Å². The molecule has 0 atom stereocenters. The average molecular weight is 446 g/mol. The van der Waals surface area contributed by atoms with Gasteiger partial charge in [0.05, 0.1) is 26.4 Å². The zero-order chi connectivity index (χ0) is 22.8. The van der Waals surface area contributed by atoms with Gasteiger partial charge in [-0.3, -0.25) is 9.59 Å². The van der Waals surface area contributed by atoms with E-state index in [-0.39, 0.29) is 26.1 Å². The van der Waals surface area contributed by atoms with Crippen LogP contribution in [0.25, 0.3) is 10.8 Å². The molecular weight excluding hydrogens is 416 g/mol. The minimum atomic E-state index is -1.48. The van der Waals surface area contributed by atoms with Gasteiger partial charge in [-0.05, 0) is 29.7 Å². The van der Waals surface area contributed by atoms with E-state index in [2.05, 4.69) is 0 Å². The summed E-state index contributed by atoms with van der Waals surface area (Å²) in [4.78, 5) is 26.3. The minimum Gasteiger partial charge on any atom is -0.420 e. The third-order valence-corrected chi connectivity index (χ3v) is 5.47.